The number of carbonyl (C=O) groups excluding carboxylic acids is 1. The zero-order valence-electron chi connectivity index (χ0n) is 22.4. The minimum Gasteiger partial charge on any atom is -0.493 e. The van der Waals surface area contributed by atoms with E-state index in [-0.39, 0.29) is 11.7 Å². The average Bonchev–Trinajstić information content (AvgIpc) is 3.40. The number of nitrogens with one attached hydrogen (secondary N) is 1. The van der Waals surface area contributed by atoms with E-state index in [1.165, 1.54) is 11.8 Å². The van der Waals surface area contributed by atoms with Gasteiger partial charge >= 0.3 is 0 Å². The van der Waals surface area contributed by atoms with Crippen LogP contribution >= 0.6 is 11.8 Å². The van der Waals surface area contributed by atoms with Gasteiger partial charge < -0.3 is 19.1 Å². The summed E-state index contributed by atoms with van der Waals surface area (Å²) in [6.07, 6.45) is 1.61. The van der Waals surface area contributed by atoms with E-state index in [1.807, 2.05) is 90.3 Å². The molecule has 39 heavy (non-hydrogen) atoms. The zero-order chi connectivity index (χ0) is 27.8. The number of carbonyl (C=O) groups is 1. The Hall–Kier alpha value is -4.51. The summed E-state index contributed by atoms with van der Waals surface area (Å²) in [5.74, 6) is 1.86. The van der Waals surface area contributed by atoms with Crippen LogP contribution in [0.3, 0.4) is 0 Å². The number of ether oxygens (including phenoxy) is 3. The van der Waals surface area contributed by atoms with Gasteiger partial charge in [-0.2, -0.15) is 5.10 Å². The van der Waals surface area contributed by atoms with Gasteiger partial charge in [0.15, 0.2) is 22.5 Å². The predicted octanol–water partition coefficient (Wildman–Crippen LogP) is 4.27. The summed E-state index contributed by atoms with van der Waals surface area (Å²) in [4.78, 5) is 14.6. The Labute approximate surface area is 231 Å². The van der Waals surface area contributed by atoms with Gasteiger partial charge in [-0.3, -0.25) is 9.36 Å². The van der Waals surface area contributed by atoms with Crippen LogP contribution in [-0.4, -0.2) is 68.1 Å². The first kappa shape index (κ1) is 27.5. The van der Waals surface area contributed by atoms with Crippen LogP contribution in [0.4, 0.5) is 5.69 Å². The normalized spacial score (nSPS) is 10.9. The number of benzene rings is 3. The molecule has 3 aromatic carbocycles. The van der Waals surface area contributed by atoms with Crippen molar-refractivity contribution in [1.29, 1.82) is 0 Å². The molecule has 0 unspecified atom stereocenters. The largest absolute Gasteiger partial charge is 0.493 e. The molecule has 1 aromatic heterocycles. The van der Waals surface area contributed by atoms with Crippen molar-refractivity contribution in [3.63, 3.8) is 0 Å². The SMILES string of the molecule is COc1cc(-c2nnc(SCC(=O)N/N=C\c3ccc(N(C)C)cc3)n2-c2ccccc2)cc(OC)c1OC. The molecule has 1 amide bonds. The van der Waals surface area contributed by atoms with Crippen LogP contribution in [-0.2, 0) is 4.79 Å². The second-order valence-electron chi connectivity index (χ2n) is 8.46. The second-order valence-corrected chi connectivity index (χ2v) is 9.40. The quantitative estimate of drug-likeness (QED) is 0.169. The van der Waals surface area contributed by atoms with E-state index in [2.05, 4.69) is 20.7 Å². The number of nitrogens with zero attached hydrogens (tertiary/aromatic N) is 5. The Balaban J connectivity index is 1.55. The fourth-order valence-electron chi connectivity index (χ4n) is 3.77. The van der Waals surface area contributed by atoms with Crippen molar-refractivity contribution >= 4 is 29.6 Å². The number of aromatic nitrogens is 3. The van der Waals surface area contributed by atoms with E-state index >= 15 is 0 Å². The van der Waals surface area contributed by atoms with Gasteiger partial charge in [0, 0.05) is 31.0 Å². The summed E-state index contributed by atoms with van der Waals surface area (Å²) < 4.78 is 18.4. The summed E-state index contributed by atoms with van der Waals surface area (Å²) in [7, 11) is 8.63. The number of anilines is 1. The van der Waals surface area contributed by atoms with Crippen LogP contribution in [0, 0.1) is 0 Å². The summed E-state index contributed by atoms with van der Waals surface area (Å²) in [5.41, 5.74) is 6.09. The first-order chi connectivity index (χ1) is 18.9. The molecule has 0 radical (unpaired) electrons. The number of hydrogen-bond donors (Lipinski definition) is 1. The maximum Gasteiger partial charge on any atom is 0.250 e. The van der Waals surface area contributed by atoms with Crippen LogP contribution in [0.1, 0.15) is 5.56 Å². The second kappa shape index (κ2) is 12.8. The first-order valence-electron chi connectivity index (χ1n) is 12.0. The van der Waals surface area contributed by atoms with Gasteiger partial charge in [0.05, 0.1) is 33.3 Å². The van der Waals surface area contributed by atoms with Gasteiger partial charge in [0.25, 0.3) is 5.91 Å². The Morgan fingerprint density at radius 3 is 2.23 bits per heavy atom. The first-order valence-corrected chi connectivity index (χ1v) is 13.0. The molecule has 0 aliphatic heterocycles. The van der Waals surface area contributed by atoms with E-state index < -0.39 is 0 Å². The lowest BCUT2D eigenvalue weighted by molar-refractivity contribution is -0.118. The van der Waals surface area contributed by atoms with Crippen molar-refractivity contribution in [3.8, 4) is 34.3 Å². The summed E-state index contributed by atoms with van der Waals surface area (Å²) in [6, 6.07) is 21.1. The topological polar surface area (TPSA) is 103 Å². The van der Waals surface area contributed by atoms with Crippen LogP contribution in [0.2, 0.25) is 0 Å². The average molecular weight is 547 g/mol. The van der Waals surface area contributed by atoms with Crippen molar-refractivity contribution < 1.29 is 19.0 Å². The number of thioether (sulfide) groups is 1. The molecule has 4 rings (SSSR count). The molecule has 0 aliphatic rings. The van der Waals surface area contributed by atoms with Gasteiger partial charge in [0.1, 0.15) is 0 Å². The lowest BCUT2D eigenvalue weighted by Gasteiger charge is -2.15. The molecule has 0 fully saturated rings. The summed E-state index contributed by atoms with van der Waals surface area (Å²) in [6.45, 7) is 0. The molecule has 202 valence electrons. The number of hydrogen-bond acceptors (Lipinski definition) is 9. The highest BCUT2D eigenvalue weighted by molar-refractivity contribution is 7.99. The molecule has 11 heteroatoms. The van der Waals surface area contributed by atoms with Gasteiger partial charge in [-0.1, -0.05) is 42.1 Å². The number of rotatable bonds is 11. The van der Waals surface area contributed by atoms with Crippen LogP contribution in [0.15, 0.2) is 77.0 Å². The Kier molecular flexibility index (Phi) is 9.06. The van der Waals surface area contributed by atoms with Crippen molar-refractivity contribution in [2.75, 3.05) is 46.1 Å². The third-order valence-electron chi connectivity index (χ3n) is 5.72. The molecular formula is C28H30N6O4S. The minimum absolute atomic E-state index is 0.0944. The predicted molar refractivity (Wildman–Crippen MR) is 154 cm³/mol. The summed E-state index contributed by atoms with van der Waals surface area (Å²) >= 11 is 1.26. The van der Waals surface area contributed by atoms with E-state index in [0.717, 1.165) is 16.9 Å². The molecule has 0 saturated carbocycles. The monoisotopic (exact) mass is 546 g/mol. The van der Waals surface area contributed by atoms with Crippen molar-refractivity contribution in [2.24, 2.45) is 5.10 Å². The highest BCUT2D eigenvalue weighted by Crippen LogP contribution is 2.41. The van der Waals surface area contributed by atoms with Crippen LogP contribution < -0.4 is 24.5 Å². The van der Waals surface area contributed by atoms with Gasteiger partial charge in [-0.25, -0.2) is 5.43 Å². The maximum absolute atomic E-state index is 12.6. The Bertz CT molecular complexity index is 1410. The van der Waals surface area contributed by atoms with E-state index in [4.69, 9.17) is 14.2 Å². The molecule has 0 bridgehead atoms. The zero-order valence-corrected chi connectivity index (χ0v) is 23.2. The molecule has 0 aliphatic carbocycles. The highest BCUT2D eigenvalue weighted by atomic mass is 32.2. The van der Waals surface area contributed by atoms with Crippen molar-refractivity contribution in [2.45, 2.75) is 5.16 Å². The van der Waals surface area contributed by atoms with E-state index in [9.17, 15) is 4.79 Å². The van der Waals surface area contributed by atoms with Crippen molar-refractivity contribution in [3.05, 3.63) is 72.3 Å². The van der Waals surface area contributed by atoms with Gasteiger partial charge in [-0.15, -0.1) is 10.2 Å². The molecule has 1 N–H and O–H groups in total. The number of para-hydroxylation sites is 1. The third-order valence-corrected chi connectivity index (χ3v) is 6.64. The smallest absolute Gasteiger partial charge is 0.250 e. The molecular weight excluding hydrogens is 516 g/mol. The van der Waals surface area contributed by atoms with E-state index in [0.29, 0.717) is 33.8 Å². The number of hydrazone groups is 1. The third kappa shape index (κ3) is 6.50. The number of amides is 1. The fourth-order valence-corrected chi connectivity index (χ4v) is 4.51. The van der Waals surface area contributed by atoms with E-state index in [1.54, 1.807) is 27.5 Å². The van der Waals surface area contributed by atoms with Crippen molar-refractivity contribution in [1.82, 2.24) is 20.2 Å². The fraction of sp³-hybridized carbons (Fsp3) is 0.214. The van der Waals surface area contributed by atoms with Crippen LogP contribution in [0.25, 0.3) is 17.1 Å². The van der Waals surface area contributed by atoms with Crippen LogP contribution in [0.5, 0.6) is 17.2 Å². The molecule has 0 spiro atoms. The van der Waals surface area contributed by atoms with Gasteiger partial charge in [0.2, 0.25) is 5.75 Å². The maximum atomic E-state index is 12.6. The van der Waals surface area contributed by atoms with Gasteiger partial charge in [-0.05, 0) is 42.0 Å². The standard InChI is InChI=1S/C28H30N6O4S/c1-33(2)21-13-11-19(12-14-21)17-29-30-25(35)18-39-28-32-31-27(34(28)22-9-7-6-8-10-22)20-15-23(36-3)26(38-5)24(16-20)37-4/h6-17H,18H2,1-5H3,(H,30,35)/b29-17-. The Morgan fingerprint density at radius 1 is 0.974 bits per heavy atom. The molecule has 1 heterocycles. The minimum atomic E-state index is -0.266. The Morgan fingerprint density at radius 2 is 1.64 bits per heavy atom. The lowest BCUT2D eigenvalue weighted by atomic mass is 10.1. The lowest BCUT2D eigenvalue weighted by Crippen LogP contribution is -2.20. The molecule has 0 atom stereocenters. The molecule has 10 nitrogen and oxygen atoms in total. The molecule has 4 aromatic rings. The molecule has 0 saturated heterocycles. The highest BCUT2D eigenvalue weighted by Gasteiger charge is 2.21. The summed E-state index contributed by atoms with van der Waals surface area (Å²) in [5, 5.41) is 13.5. The number of methoxy groups -OCH3 is 3.